The summed E-state index contributed by atoms with van der Waals surface area (Å²) in [6, 6.07) is 13.6. The largest absolute Gasteiger partial charge is 0.495 e. The number of ether oxygens (including phenoxy) is 1. The van der Waals surface area contributed by atoms with Crippen molar-refractivity contribution in [2.75, 3.05) is 21.2 Å². The van der Waals surface area contributed by atoms with Crippen LogP contribution in [0, 0.1) is 0 Å². The zero-order valence-electron chi connectivity index (χ0n) is 14.3. The smallest absolute Gasteiger partial charge is 0.139 e. The zero-order chi connectivity index (χ0) is 16.6. The Labute approximate surface area is 144 Å². The molecule has 0 saturated carbocycles. The van der Waals surface area contributed by atoms with Crippen LogP contribution in [0.15, 0.2) is 36.4 Å². The minimum Gasteiger partial charge on any atom is -0.495 e. The molecular weight excluding hydrogens is 304 g/mol. The van der Waals surface area contributed by atoms with Crippen molar-refractivity contribution in [2.45, 2.75) is 24.8 Å². The van der Waals surface area contributed by atoms with Crippen LogP contribution in [0.5, 0.6) is 5.75 Å². The molecule has 0 saturated heterocycles. The van der Waals surface area contributed by atoms with E-state index in [2.05, 4.69) is 63.2 Å². The highest BCUT2D eigenvalue weighted by atomic mass is 35.5. The summed E-state index contributed by atoms with van der Waals surface area (Å²) in [7, 11) is 8.15. The number of nitrogens with zero attached hydrogens (tertiary/aromatic N) is 1. The van der Waals surface area contributed by atoms with Gasteiger partial charge in [0.2, 0.25) is 0 Å². The molecule has 0 aliphatic heterocycles. The van der Waals surface area contributed by atoms with Crippen molar-refractivity contribution in [1.82, 2.24) is 4.90 Å². The summed E-state index contributed by atoms with van der Waals surface area (Å²) < 4.78 is 5.45. The fourth-order valence-electron chi connectivity index (χ4n) is 3.60. The molecular formula is C19H23BClNO. The lowest BCUT2D eigenvalue weighted by molar-refractivity contribution is 0.258. The van der Waals surface area contributed by atoms with E-state index in [-0.39, 0.29) is 0 Å². The van der Waals surface area contributed by atoms with E-state index in [9.17, 15) is 0 Å². The van der Waals surface area contributed by atoms with Gasteiger partial charge in [-0.05, 0) is 55.8 Å². The van der Waals surface area contributed by atoms with Gasteiger partial charge in [0.25, 0.3) is 0 Å². The standard InChI is InChI=1S/C19H23BClNO/c1-22(2)15-8-13-9-18(21)19(23-3)11-17(13)16(10-15)12-5-4-6-14(20)7-12/h4-7,9,11,15-16H,8,10,20H2,1-3H3/t15-,16-/m1/s1. The van der Waals surface area contributed by atoms with Gasteiger partial charge in [-0.2, -0.15) is 0 Å². The molecule has 4 heteroatoms. The van der Waals surface area contributed by atoms with E-state index in [1.54, 1.807) is 7.11 Å². The van der Waals surface area contributed by atoms with Crippen LogP contribution in [0.1, 0.15) is 29.0 Å². The quantitative estimate of drug-likeness (QED) is 0.804. The van der Waals surface area contributed by atoms with Crippen LogP contribution < -0.4 is 10.2 Å². The number of benzene rings is 2. The average molecular weight is 328 g/mol. The van der Waals surface area contributed by atoms with E-state index in [0.29, 0.717) is 17.0 Å². The van der Waals surface area contributed by atoms with Crippen molar-refractivity contribution in [1.29, 1.82) is 0 Å². The molecule has 1 aliphatic carbocycles. The zero-order valence-corrected chi connectivity index (χ0v) is 15.0. The third kappa shape index (κ3) is 3.27. The second-order valence-electron chi connectivity index (χ2n) is 6.71. The van der Waals surface area contributed by atoms with Gasteiger partial charge < -0.3 is 9.64 Å². The molecule has 2 aromatic rings. The molecule has 0 unspecified atom stereocenters. The highest BCUT2D eigenvalue weighted by molar-refractivity contribution is 6.32. The van der Waals surface area contributed by atoms with E-state index in [0.717, 1.165) is 18.6 Å². The molecule has 0 N–H and O–H groups in total. The Morgan fingerprint density at radius 2 is 2.00 bits per heavy atom. The van der Waals surface area contributed by atoms with E-state index in [1.807, 2.05) is 0 Å². The molecule has 0 bridgehead atoms. The predicted molar refractivity (Wildman–Crippen MR) is 100 cm³/mol. The van der Waals surface area contributed by atoms with Gasteiger partial charge in [0.05, 0.1) is 12.1 Å². The topological polar surface area (TPSA) is 12.5 Å². The Morgan fingerprint density at radius 1 is 1.22 bits per heavy atom. The monoisotopic (exact) mass is 327 g/mol. The number of likely N-dealkylation sites (N-methyl/N-ethyl adjacent to an activating group) is 1. The number of fused-ring (bicyclic) bond motifs is 1. The van der Waals surface area contributed by atoms with Crippen molar-refractivity contribution in [3.05, 3.63) is 58.1 Å². The molecule has 120 valence electrons. The van der Waals surface area contributed by atoms with Crippen molar-refractivity contribution in [3.8, 4) is 5.75 Å². The van der Waals surface area contributed by atoms with Crippen LogP contribution in [0.3, 0.4) is 0 Å². The van der Waals surface area contributed by atoms with Gasteiger partial charge in [0, 0.05) is 12.0 Å². The summed E-state index contributed by atoms with van der Waals surface area (Å²) in [5.41, 5.74) is 5.38. The lowest BCUT2D eigenvalue weighted by Gasteiger charge is -2.36. The maximum Gasteiger partial charge on any atom is 0.139 e. The van der Waals surface area contributed by atoms with Crippen LogP contribution in [-0.2, 0) is 6.42 Å². The molecule has 3 rings (SSSR count). The molecule has 0 fully saturated rings. The van der Waals surface area contributed by atoms with Crippen molar-refractivity contribution in [3.63, 3.8) is 0 Å². The van der Waals surface area contributed by atoms with Gasteiger partial charge in [-0.15, -0.1) is 0 Å². The Morgan fingerprint density at radius 3 is 2.65 bits per heavy atom. The first-order valence-corrected chi connectivity index (χ1v) is 8.46. The maximum atomic E-state index is 6.37. The highest BCUT2D eigenvalue weighted by Gasteiger charge is 2.30. The minimum atomic E-state index is 0.386. The number of hydrogen-bond donors (Lipinski definition) is 0. The van der Waals surface area contributed by atoms with E-state index >= 15 is 0 Å². The molecule has 0 radical (unpaired) electrons. The molecule has 2 nitrogen and oxygen atoms in total. The normalized spacial score (nSPS) is 20.4. The lowest BCUT2D eigenvalue weighted by atomic mass is 9.75. The first kappa shape index (κ1) is 16.4. The van der Waals surface area contributed by atoms with E-state index < -0.39 is 0 Å². The molecule has 2 aromatic carbocycles. The molecule has 23 heavy (non-hydrogen) atoms. The summed E-state index contributed by atoms with van der Waals surface area (Å²) in [6.45, 7) is 0. The minimum absolute atomic E-state index is 0.386. The first-order chi connectivity index (χ1) is 11.0. The fraction of sp³-hybridized carbons (Fsp3) is 0.368. The number of halogens is 1. The van der Waals surface area contributed by atoms with Crippen LogP contribution in [0.25, 0.3) is 0 Å². The summed E-state index contributed by atoms with van der Waals surface area (Å²) in [5.74, 6) is 1.16. The van der Waals surface area contributed by atoms with Gasteiger partial charge in [-0.25, -0.2) is 0 Å². The van der Waals surface area contributed by atoms with Gasteiger partial charge in [-0.1, -0.05) is 41.3 Å². The SMILES string of the molecule is Bc1cccc([C@H]2C[C@H](N(C)C)Cc3cc(Cl)c(OC)cc32)c1. The molecule has 0 amide bonds. The number of methoxy groups -OCH3 is 1. The van der Waals surface area contributed by atoms with Crippen LogP contribution >= 0.6 is 11.6 Å². The Bertz CT molecular complexity index is 717. The van der Waals surface area contributed by atoms with Gasteiger partial charge >= 0.3 is 0 Å². The summed E-state index contributed by atoms with van der Waals surface area (Å²) in [5, 5.41) is 0.702. The van der Waals surface area contributed by atoms with E-state index in [1.165, 1.54) is 22.2 Å². The molecule has 1 aliphatic rings. The molecule has 0 spiro atoms. The number of rotatable bonds is 3. The maximum absolute atomic E-state index is 6.37. The molecule has 2 atom stereocenters. The Kier molecular flexibility index (Phi) is 4.70. The van der Waals surface area contributed by atoms with Gasteiger partial charge in [0.15, 0.2) is 0 Å². The number of hydrogen-bond acceptors (Lipinski definition) is 2. The van der Waals surface area contributed by atoms with Crippen LogP contribution in [0.2, 0.25) is 5.02 Å². The van der Waals surface area contributed by atoms with E-state index in [4.69, 9.17) is 16.3 Å². The Hall–Kier alpha value is -1.45. The summed E-state index contributed by atoms with van der Waals surface area (Å²) in [6.07, 6.45) is 2.16. The van der Waals surface area contributed by atoms with Crippen LogP contribution in [0.4, 0.5) is 0 Å². The first-order valence-electron chi connectivity index (χ1n) is 8.09. The fourth-order valence-corrected chi connectivity index (χ4v) is 3.86. The highest BCUT2D eigenvalue weighted by Crippen LogP contribution is 2.41. The average Bonchev–Trinajstić information content (AvgIpc) is 2.52. The van der Waals surface area contributed by atoms with Gasteiger partial charge in [0.1, 0.15) is 13.6 Å². The third-order valence-corrected chi connectivity index (χ3v) is 5.22. The molecule has 0 aromatic heterocycles. The lowest BCUT2D eigenvalue weighted by Crippen LogP contribution is -2.35. The Balaban J connectivity index is 2.12. The van der Waals surface area contributed by atoms with Crippen molar-refractivity contribution in [2.24, 2.45) is 0 Å². The summed E-state index contributed by atoms with van der Waals surface area (Å²) >= 11 is 6.37. The van der Waals surface area contributed by atoms with Crippen molar-refractivity contribution >= 4 is 24.9 Å². The predicted octanol–water partition coefficient (Wildman–Crippen LogP) is 2.62. The summed E-state index contributed by atoms with van der Waals surface area (Å²) in [4.78, 5) is 2.32. The second-order valence-corrected chi connectivity index (χ2v) is 7.12. The molecule has 0 heterocycles. The third-order valence-electron chi connectivity index (χ3n) is 4.93. The van der Waals surface area contributed by atoms with Crippen LogP contribution in [-0.4, -0.2) is 40.0 Å². The van der Waals surface area contributed by atoms with Gasteiger partial charge in [-0.3, -0.25) is 0 Å². The van der Waals surface area contributed by atoms with Crippen molar-refractivity contribution < 1.29 is 4.74 Å². The second kappa shape index (κ2) is 6.58.